The molecule has 0 aliphatic carbocycles. The lowest BCUT2D eigenvalue weighted by atomic mass is 10.4. The molecule has 2 aromatic rings. The summed E-state index contributed by atoms with van der Waals surface area (Å²) in [6.07, 6.45) is 3.37. The van der Waals surface area contributed by atoms with Gasteiger partial charge in [-0.2, -0.15) is 20.1 Å². The maximum Gasteiger partial charge on any atom is 0.257 e. The van der Waals surface area contributed by atoms with Crippen LogP contribution in [0.2, 0.25) is 0 Å². The second-order valence-electron chi connectivity index (χ2n) is 3.88. The van der Waals surface area contributed by atoms with Crippen LogP contribution in [0.25, 0.3) is 5.95 Å². The van der Waals surface area contributed by atoms with Gasteiger partial charge < -0.3 is 10.1 Å². The molecule has 0 aliphatic rings. The minimum atomic E-state index is 0.0588. The lowest BCUT2D eigenvalue weighted by Crippen LogP contribution is -2.24. The van der Waals surface area contributed by atoms with Crippen LogP contribution in [-0.4, -0.2) is 44.5 Å². The van der Waals surface area contributed by atoms with Gasteiger partial charge in [-0.25, -0.2) is 10.5 Å². The third kappa shape index (κ3) is 3.36. The Bertz CT molecular complexity index is 514. The molecular formula is C10H16N8O. The van der Waals surface area contributed by atoms with Crippen LogP contribution < -0.4 is 16.6 Å². The minimum absolute atomic E-state index is 0.0588. The zero-order valence-electron chi connectivity index (χ0n) is 10.7. The average molecular weight is 264 g/mol. The summed E-state index contributed by atoms with van der Waals surface area (Å²) in [5.74, 6) is 6.38. The molecule has 2 heterocycles. The van der Waals surface area contributed by atoms with Gasteiger partial charge in [0.05, 0.1) is 6.61 Å². The number of hydrogen-bond donors (Lipinski definition) is 3. The summed E-state index contributed by atoms with van der Waals surface area (Å²) in [5.41, 5.74) is 2.40. The smallest absolute Gasteiger partial charge is 0.257 e. The van der Waals surface area contributed by atoms with Crippen molar-refractivity contribution >= 4 is 11.9 Å². The fraction of sp³-hybridized carbons (Fsp3) is 0.400. The van der Waals surface area contributed by atoms with Gasteiger partial charge in [-0.3, -0.25) is 5.43 Å². The van der Waals surface area contributed by atoms with Gasteiger partial charge in [-0.15, -0.1) is 0 Å². The molecule has 0 aliphatic heterocycles. The molecule has 2 rings (SSSR count). The molecule has 0 fully saturated rings. The van der Waals surface area contributed by atoms with Crippen molar-refractivity contribution in [1.29, 1.82) is 0 Å². The van der Waals surface area contributed by atoms with Gasteiger partial charge in [0.15, 0.2) is 0 Å². The molecule has 0 bridgehead atoms. The van der Waals surface area contributed by atoms with E-state index in [4.69, 9.17) is 10.6 Å². The normalized spacial score (nSPS) is 12.2. The molecule has 102 valence electrons. The number of anilines is 2. The number of hydrogen-bond acceptors (Lipinski definition) is 8. The van der Waals surface area contributed by atoms with Gasteiger partial charge in [-0.05, 0) is 13.0 Å². The predicted molar refractivity (Wildman–Crippen MR) is 69.7 cm³/mol. The minimum Gasteiger partial charge on any atom is -0.383 e. The van der Waals surface area contributed by atoms with E-state index >= 15 is 0 Å². The third-order valence-electron chi connectivity index (χ3n) is 2.25. The largest absolute Gasteiger partial charge is 0.383 e. The van der Waals surface area contributed by atoms with Gasteiger partial charge in [0.25, 0.3) is 5.95 Å². The first kappa shape index (κ1) is 13.2. The number of nitrogens with one attached hydrogen (secondary N) is 2. The number of nitrogen functional groups attached to an aromatic ring is 1. The van der Waals surface area contributed by atoms with Crippen LogP contribution in [0.4, 0.5) is 11.9 Å². The zero-order chi connectivity index (χ0) is 13.7. The highest BCUT2D eigenvalue weighted by Gasteiger charge is 2.10. The van der Waals surface area contributed by atoms with E-state index in [1.54, 1.807) is 25.6 Å². The number of methoxy groups -OCH3 is 1. The lowest BCUT2D eigenvalue weighted by Gasteiger charge is -2.13. The number of hydrazine groups is 1. The van der Waals surface area contributed by atoms with Crippen LogP contribution in [-0.2, 0) is 4.74 Å². The number of ether oxygens (including phenoxy) is 1. The lowest BCUT2D eigenvalue weighted by molar-refractivity contribution is 0.190. The molecule has 0 radical (unpaired) electrons. The van der Waals surface area contributed by atoms with Gasteiger partial charge in [0.2, 0.25) is 11.9 Å². The number of nitrogens with zero attached hydrogens (tertiary/aromatic N) is 5. The summed E-state index contributed by atoms with van der Waals surface area (Å²) in [6.45, 7) is 2.49. The predicted octanol–water partition coefficient (Wildman–Crippen LogP) is -0.210. The van der Waals surface area contributed by atoms with E-state index in [-0.39, 0.29) is 12.0 Å². The number of aromatic nitrogens is 5. The van der Waals surface area contributed by atoms with Crippen molar-refractivity contribution in [3.05, 3.63) is 18.5 Å². The first-order valence-electron chi connectivity index (χ1n) is 5.71. The van der Waals surface area contributed by atoms with Crippen LogP contribution in [0.5, 0.6) is 0 Å². The van der Waals surface area contributed by atoms with Gasteiger partial charge in [0, 0.05) is 25.5 Å². The maximum absolute atomic E-state index is 5.35. The fourth-order valence-electron chi connectivity index (χ4n) is 1.50. The Kier molecular flexibility index (Phi) is 4.21. The van der Waals surface area contributed by atoms with Crippen LogP contribution in [0.1, 0.15) is 6.92 Å². The average Bonchev–Trinajstić information content (AvgIpc) is 2.92. The van der Waals surface area contributed by atoms with Crippen molar-refractivity contribution in [3.8, 4) is 5.95 Å². The molecule has 0 saturated carbocycles. The van der Waals surface area contributed by atoms with Crippen molar-refractivity contribution in [3.63, 3.8) is 0 Å². The maximum atomic E-state index is 5.35. The van der Waals surface area contributed by atoms with E-state index < -0.39 is 0 Å². The second kappa shape index (κ2) is 6.07. The molecular weight excluding hydrogens is 248 g/mol. The fourth-order valence-corrected chi connectivity index (χ4v) is 1.50. The van der Waals surface area contributed by atoms with Crippen LogP contribution in [0, 0.1) is 0 Å². The molecule has 0 spiro atoms. The Morgan fingerprint density at radius 1 is 1.37 bits per heavy atom. The number of nitrogens with two attached hydrogens (primary N) is 1. The SMILES string of the molecule is COCC(C)Nc1nc(NN)nc(-n2cccn2)n1. The summed E-state index contributed by atoms with van der Waals surface area (Å²) in [6, 6.07) is 1.84. The van der Waals surface area contributed by atoms with Crippen LogP contribution in [0.3, 0.4) is 0 Å². The van der Waals surface area contributed by atoms with Gasteiger partial charge in [0.1, 0.15) is 0 Å². The van der Waals surface area contributed by atoms with Crippen molar-refractivity contribution in [2.24, 2.45) is 5.84 Å². The summed E-state index contributed by atoms with van der Waals surface area (Å²) < 4.78 is 6.57. The summed E-state index contributed by atoms with van der Waals surface area (Å²) in [7, 11) is 1.63. The Labute approximate surface area is 110 Å². The Morgan fingerprint density at radius 2 is 2.16 bits per heavy atom. The van der Waals surface area contributed by atoms with E-state index in [0.717, 1.165) is 0 Å². The van der Waals surface area contributed by atoms with E-state index in [1.807, 2.05) is 6.92 Å². The summed E-state index contributed by atoms with van der Waals surface area (Å²) >= 11 is 0. The second-order valence-corrected chi connectivity index (χ2v) is 3.88. The molecule has 9 heteroatoms. The zero-order valence-corrected chi connectivity index (χ0v) is 10.7. The van der Waals surface area contributed by atoms with E-state index in [1.165, 1.54) is 4.68 Å². The molecule has 0 aromatic carbocycles. The topological polar surface area (TPSA) is 116 Å². The van der Waals surface area contributed by atoms with Crippen LogP contribution in [0.15, 0.2) is 18.5 Å². The van der Waals surface area contributed by atoms with E-state index in [2.05, 4.69) is 30.8 Å². The monoisotopic (exact) mass is 264 g/mol. The Morgan fingerprint density at radius 3 is 2.79 bits per heavy atom. The van der Waals surface area contributed by atoms with Crippen LogP contribution >= 0.6 is 0 Å². The highest BCUT2D eigenvalue weighted by atomic mass is 16.5. The first-order valence-corrected chi connectivity index (χ1v) is 5.71. The summed E-state index contributed by atoms with van der Waals surface area (Å²) in [4.78, 5) is 12.5. The van der Waals surface area contributed by atoms with E-state index in [0.29, 0.717) is 18.5 Å². The first-order chi connectivity index (χ1) is 9.22. The molecule has 19 heavy (non-hydrogen) atoms. The van der Waals surface area contributed by atoms with Crippen molar-refractivity contribution in [1.82, 2.24) is 24.7 Å². The molecule has 2 aromatic heterocycles. The highest BCUT2D eigenvalue weighted by Crippen LogP contribution is 2.08. The highest BCUT2D eigenvalue weighted by molar-refractivity contribution is 5.37. The van der Waals surface area contributed by atoms with Crippen molar-refractivity contribution in [2.45, 2.75) is 13.0 Å². The van der Waals surface area contributed by atoms with E-state index in [9.17, 15) is 0 Å². The number of rotatable bonds is 6. The summed E-state index contributed by atoms with van der Waals surface area (Å²) in [5, 5.41) is 7.16. The van der Waals surface area contributed by atoms with Crippen molar-refractivity contribution in [2.75, 3.05) is 24.5 Å². The quantitative estimate of drug-likeness (QED) is 0.485. The molecule has 9 nitrogen and oxygen atoms in total. The third-order valence-corrected chi connectivity index (χ3v) is 2.25. The molecule has 1 atom stereocenters. The molecule has 0 saturated heterocycles. The molecule has 1 unspecified atom stereocenters. The molecule has 4 N–H and O–H groups in total. The van der Waals surface area contributed by atoms with Gasteiger partial charge >= 0.3 is 0 Å². The Balaban J connectivity index is 2.26. The standard InChI is InChI=1S/C10H16N8O/c1-7(6-19-2)13-8-14-9(17-11)16-10(15-8)18-5-3-4-12-18/h3-5,7H,6,11H2,1-2H3,(H2,13,14,15,16,17). The molecule has 0 amide bonds. The Hall–Kier alpha value is -2.26. The van der Waals surface area contributed by atoms with Gasteiger partial charge in [-0.1, -0.05) is 0 Å². The van der Waals surface area contributed by atoms with Crippen molar-refractivity contribution < 1.29 is 4.74 Å².